The van der Waals surface area contributed by atoms with Crippen LogP contribution in [0.1, 0.15) is 18.5 Å². The molecule has 1 aliphatic rings. The van der Waals surface area contributed by atoms with E-state index in [-0.39, 0.29) is 11.6 Å². The number of nitrogens with one attached hydrogen (secondary N) is 3. The summed E-state index contributed by atoms with van der Waals surface area (Å²) in [6, 6.07) is 12.3. The predicted octanol–water partition coefficient (Wildman–Crippen LogP) is 3.68. The van der Waals surface area contributed by atoms with Gasteiger partial charge in [-0.1, -0.05) is 23.7 Å². The van der Waals surface area contributed by atoms with Gasteiger partial charge in [-0.3, -0.25) is 14.9 Å². The number of benzene rings is 2. The van der Waals surface area contributed by atoms with E-state index < -0.39 is 11.0 Å². The molecule has 1 amide bonds. The second-order valence-corrected chi connectivity index (χ2v) is 6.72. The van der Waals surface area contributed by atoms with Crippen molar-refractivity contribution in [3.8, 4) is 0 Å². The van der Waals surface area contributed by atoms with E-state index in [1.807, 2.05) is 12.1 Å². The van der Waals surface area contributed by atoms with Crippen LogP contribution in [0.25, 0.3) is 0 Å². The quantitative estimate of drug-likeness (QED) is 0.410. The van der Waals surface area contributed by atoms with Crippen molar-refractivity contribution in [2.75, 3.05) is 5.32 Å². The zero-order chi connectivity index (χ0) is 19.6. The van der Waals surface area contributed by atoms with Crippen LogP contribution in [-0.2, 0) is 4.79 Å². The van der Waals surface area contributed by atoms with Crippen LogP contribution in [0.4, 0.5) is 11.4 Å². The summed E-state index contributed by atoms with van der Waals surface area (Å²) in [6.07, 6.45) is 0. The lowest BCUT2D eigenvalue weighted by Crippen LogP contribution is -2.45. The number of nitro benzene ring substituents is 1. The third kappa shape index (κ3) is 4.24. The summed E-state index contributed by atoms with van der Waals surface area (Å²) in [6.45, 7) is 1.76. The van der Waals surface area contributed by atoms with Crippen LogP contribution in [0, 0.1) is 10.1 Å². The molecule has 0 saturated heterocycles. The van der Waals surface area contributed by atoms with Crippen molar-refractivity contribution in [1.29, 1.82) is 0 Å². The SMILES string of the molecule is CC1=C(C(=O)Nc2ccc([N+](=O)[O-])cc2)[C@H](c2ccc(Cl)cc2)NC(=S)N1. The van der Waals surface area contributed by atoms with Crippen LogP contribution in [0.3, 0.4) is 0 Å². The Morgan fingerprint density at radius 3 is 2.41 bits per heavy atom. The number of amides is 1. The summed E-state index contributed by atoms with van der Waals surface area (Å²) >= 11 is 11.2. The molecule has 1 atom stereocenters. The van der Waals surface area contributed by atoms with E-state index >= 15 is 0 Å². The Hall–Kier alpha value is -2.97. The Bertz CT molecular complexity index is 942. The van der Waals surface area contributed by atoms with Gasteiger partial charge in [-0.25, -0.2) is 0 Å². The van der Waals surface area contributed by atoms with Crippen LogP contribution in [0.15, 0.2) is 59.8 Å². The van der Waals surface area contributed by atoms with Gasteiger partial charge in [0.2, 0.25) is 0 Å². The van der Waals surface area contributed by atoms with E-state index in [4.69, 9.17) is 23.8 Å². The highest BCUT2D eigenvalue weighted by Gasteiger charge is 2.29. The van der Waals surface area contributed by atoms with Gasteiger partial charge in [0.25, 0.3) is 11.6 Å². The number of allylic oxidation sites excluding steroid dienone is 1. The number of anilines is 1. The van der Waals surface area contributed by atoms with Crippen LogP contribution in [0.5, 0.6) is 0 Å². The molecule has 0 bridgehead atoms. The van der Waals surface area contributed by atoms with Crippen LogP contribution in [0.2, 0.25) is 5.02 Å². The Balaban J connectivity index is 1.89. The molecule has 0 aliphatic carbocycles. The summed E-state index contributed by atoms with van der Waals surface area (Å²) in [7, 11) is 0. The second-order valence-electron chi connectivity index (χ2n) is 5.88. The average Bonchev–Trinajstić information content (AvgIpc) is 2.62. The van der Waals surface area contributed by atoms with Crippen molar-refractivity contribution in [3.05, 3.63) is 80.5 Å². The Kier molecular flexibility index (Phi) is 5.38. The number of rotatable bonds is 4. The van der Waals surface area contributed by atoms with Gasteiger partial charge in [0.15, 0.2) is 5.11 Å². The zero-order valence-corrected chi connectivity index (χ0v) is 15.7. The molecule has 0 unspecified atom stereocenters. The van der Waals surface area contributed by atoms with Crippen LogP contribution >= 0.6 is 23.8 Å². The lowest BCUT2D eigenvalue weighted by Gasteiger charge is -2.30. The molecule has 0 radical (unpaired) electrons. The molecule has 0 spiro atoms. The minimum absolute atomic E-state index is 0.0474. The molecule has 1 heterocycles. The van der Waals surface area contributed by atoms with E-state index in [1.165, 1.54) is 24.3 Å². The van der Waals surface area contributed by atoms with Gasteiger partial charge in [-0.15, -0.1) is 0 Å². The largest absolute Gasteiger partial charge is 0.351 e. The van der Waals surface area contributed by atoms with E-state index in [1.54, 1.807) is 19.1 Å². The highest BCUT2D eigenvalue weighted by molar-refractivity contribution is 7.80. The zero-order valence-electron chi connectivity index (χ0n) is 14.2. The third-order valence-electron chi connectivity index (χ3n) is 4.05. The topological polar surface area (TPSA) is 96.3 Å². The average molecular weight is 403 g/mol. The first-order chi connectivity index (χ1) is 12.8. The Morgan fingerprint density at radius 1 is 1.19 bits per heavy atom. The Labute approximate surface area is 165 Å². The third-order valence-corrected chi connectivity index (χ3v) is 4.52. The van der Waals surface area contributed by atoms with Gasteiger partial charge in [0.1, 0.15) is 0 Å². The first kappa shape index (κ1) is 18.8. The monoisotopic (exact) mass is 402 g/mol. The molecule has 0 fully saturated rings. The van der Waals surface area contributed by atoms with Gasteiger partial charge in [-0.05, 0) is 49.0 Å². The smallest absolute Gasteiger partial charge is 0.269 e. The van der Waals surface area contributed by atoms with E-state index in [2.05, 4.69) is 16.0 Å². The molecule has 1 aliphatic heterocycles. The maximum absolute atomic E-state index is 12.9. The number of carbonyl (C=O) groups is 1. The van der Waals surface area contributed by atoms with Crippen molar-refractivity contribution in [3.63, 3.8) is 0 Å². The predicted molar refractivity (Wildman–Crippen MR) is 107 cm³/mol. The number of nitrogens with zero attached hydrogens (tertiary/aromatic N) is 1. The lowest BCUT2D eigenvalue weighted by atomic mass is 9.95. The molecule has 2 aromatic carbocycles. The summed E-state index contributed by atoms with van der Waals surface area (Å²) < 4.78 is 0. The highest BCUT2D eigenvalue weighted by atomic mass is 35.5. The lowest BCUT2D eigenvalue weighted by molar-refractivity contribution is -0.384. The number of hydrogen-bond acceptors (Lipinski definition) is 4. The fraction of sp³-hybridized carbons (Fsp3) is 0.111. The molecule has 0 saturated carbocycles. The minimum Gasteiger partial charge on any atom is -0.351 e. The number of non-ortho nitro benzene ring substituents is 1. The van der Waals surface area contributed by atoms with Crippen molar-refractivity contribution >= 4 is 46.2 Å². The molecular weight excluding hydrogens is 388 g/mol. The van der Waals surface area contributed by atoms with Gasteiger partial charge >= 0.3 is 0 Å². The van der Waals surface area contributed by atoms with E-state index in [0.717, 1.165) is 5.56 Å². The number of carbonyl (C=O) groups excluding carboxylic acids is 1. The summed E-state index contributed by atoms with van der Waals surface area (Å²) in [5.74, 6) is -0.344. The second kappa shape index (κ2) is 7.73. The van der Waals surface area contributed by atoms with Crippen LogP contribution in [-0.4, -0.2) is 15.9 Å². The van der Waals surface area contributed by atoms with E-state index in [9.17, 15) is 14.9 Å². The maximum Gasteiger partial charge on any atom is 0.269 e. The molecule has 138 valence electrons. The van der Waals surface area contributed by atoms with Crippen LogP contribution < -0.4 is 16.0 Å². The fourth-order valence-electron chi connectivity index (χ4n) is 2.77. The molecule has 3 rings (SSSR count). The number of hydrogen-bond donors (Lipinski definition) is 3. The Morgan fingerprint density at radius 2 is 1.81 bits per heavy atom. The number of nitro groups is 1. The molecule has 7 nitrogen and oxygen atoms in total. The van der Waals surface area contributed by atoms with Gasteiger partial charge in [0.05, 0.1) is 16.5 Å². The van der Waals surface area contributed by atoms with Crippen molar-refractivity contribution in [2.24, 2.45) is 0 Å². The molecule has 9 heteroatoms. The van der Waals surface area contributed by atoms with Crippen molar-refractivity contribution in [2.45, 2.75) is 13.0 Å². The fourth-order valence-corrected chi connectivity index (χ4v) is 3.16. The van der Waals surface area contributed by atoms with Gasteiger partial charge in [0, 0.05) is 28.5 Å². The van der Waals surface area contributed by atoms with Gasteiger partial charge < -0.3 is 16.0 Å². The molecular formula is C18H15ClN4O3S. The standard InChI is InChI=1S/C18H15ClN4O3S/c1-10-15(17(24)21-13-6-8-14(9-7-13)23(25)26)16(22-18(27)20-10)11-2-4-12(19)5-3-11/h2-9,16H,1H3,(H,21,24)(H2,20,22,27)/t16-/m0/s1. The normalized spacial score (nSPS) is 16.4. The van der Waals surface area contributed by atoms with Crippen molar-refractivity contribution < 1.29 is 9.72 Å². The molecule has 27 heavy (non-hydrogen) atoms. The molecule has 3 N–H and O–H groups in total. The highest BCUT2D eigenvalue weighted by Crippen LogP contribution is 2.29. The first-order valence-electron chi connectivity index (χ1n) is 7.94. The maximum atomic E-state index is 12.9. The summed E-state index contributed by atoms with van der Waals surface area (Å²) in [5, 5.41) is 20.6. The minimum atomic E-state index is -0.495. The first-order valence-corrected chi connectivity index (χ1v) is 8.73. The number of halogens is 1. The number of thiocarbonyl (C=S) groups is 1. The van der Waals surface area contributed by atoms with E-state index in [0.29, 0.717) is 27.1 Å². The van der Waals surface area contributed by atoms with Crippen molar-refractivity contribution in [1.82, 2.24) is 10.6 Å². The summed E-state index contributed by atoms with van der Waals surface area (Å²) in [5.41, 5.74) is 2.32. The van der Waals surface area contributed by atoms with Gasteiger partial charge in [-0.2, -0.15) is 0 Å². The summed E-state index contributed by atoms with van der Waals surface area (Å²) in [4.78, 5) is 23.2. The molecule has 0 aromatic heterocycles. The molecule has 2 aromatic rings.